The topological polar surface area (TPSA) is 46.5 Å². The van der Waals surface area contributed by atoms with Crippen LogP contribution in [0.4, 0.5) is 0 Å². The van der Waals surface area contributed by atoms with Gasteiger partial charge in [0, 0.05) is 13.0 Å². The van der Waals surface area contributed by atoms with Gasteiger partial charge in [0.2, 0.25) is 0 Å². The van der Waals surface area contributed by atoms with Gasteiger partial charge in [-0.05, 0) is 39.0 Å². The summed E-state index contributed by atoms with van der Waals surface area (Å²) < 4.78 is 5.67. The van der Waals surface area contributed by atoms with Crippen LogP contribution in [0.25, 0.3) is 0 Å². The van der Waals surface area contributed by atoms with Crippen molar-refractivity contribution in [3.8, 4) is 0 Å². The zero-order chi connectivity index (χ0) is 17.2. The van der Waals surface area contributed by atoms with Gasteiger partial charge in [-0.3, -0.25) is 4.79 Å². The average molecular weight is 322 g/mol. The van der Waals surface area contributed by atoms with Crippen molar-refractivity contribution >= 4 is 5.97 Å². The molecule has 0 heterocycles. The fraction of sp³-hybridized carbons (Fsp3) is 0.650. The predicted molar refractivity (Wildman–Crippen MR) is 97.7 cm³/mol. The summed E-state index contributed by atoms with van der Waals surface area (Å²) in [5.41, 5.74) is 0. The molecule has 0 saturated heterocycles. The number of hydrogen-bond acceptors (Lipinski definition) is 2. The van der Waals surface area contributed by atoms with Gasteiger partial charge < -0.3 is 9.84 Å². The molecule has 0 aromatic carbocycles. The Morgan fingerprint density at radius 1 is 1.00 bits per heavy atom. The van der Waals surface area contributed by atoms with E-state index in [9.17, 15) is 4.79 Å². The van der Waals surface area contributed by atoms with Crippen LogP contribution in [-0.4, -0.2) is 23.8 Å². The number of ether oxygens (including phenoxy) is 1. The quantitative estimate of drug-likeness (QED) is 0.240. The van der Waals surface area contributed by atoms with Crippen LogP contribution in [0.2, 0.25) is 0 Å². The van der Waals surface area contributed by atoms with Crippen molar-refractivity contribution in [2.24, 2.45) is 0 Å². The number of carbonyl (C=O) groups is 1. The van der Waals surface area contributed by atoms with Crippen LogP contribution >= 0.6 is 0 Å². The number of unbranched alkanes of at least 4 members (excludes halogenated alkanes) is 5. The van der Waals surface area contributed by atoms with Gasteiger partial charge in [0.1, 0.15) is 0 Å². The van der Waals surface area contributed by atoms with Gasteiger partial charge in [-0.25, -0.2) is 0 Å². The minimum atomic E-state index is -0.685. The molecule has 0 fully saturated rings. The zero-order valence-corrected chi connectivity index (χ0v) is 14.9. The first-order valence-electron chi connectivity index (χ1n) is 9.02. The van der Waals surface area contributed by atoms with Gasteiger partial charge in [-0.1, -0.05) is 62.6 Å². The van der Waals surface area contributed by atoms with E-state index in [0.717, 1.165) is 45.1 Å². The normalized spacial score (nSPS) is 13.5. The third-order valence-electron chi connectivity index (χ3n) is 3.49. The molecule has 0 amide bonds. The van der Waals surface area contributed by atoms with Crippen LogP contribution in [-0.2, 0) is 9.53 Å². The molecular formula is C20H34O3. The summed E-state index contributed by atoms with van der Waals surface area (Å²) in [5.74, 6) is -0.685. The largest absolute Gasteiger partial charge is 0.481 e. The van der Waals surface area contributed by atoms with Crippen LogP contribution in [0, 0.1) is 0 Å². The maximum atomic E-state index is 10.4. The first kappa shape index (κ1) is 21.6. The lowest BCUT2D eigenvalue weighted by molar-refractivity contribution is -0.137. The highest BCUT2D eigenvalue weighted by Gasteiger charge is 1.99. The zero-order valence-electron chi connectivity index (χ0n) is 14.9. The minimum Gasteiger partial charge on any atom is -0.481 e. The summed E-state index contributed by atoms with van der Waals surface area (Å²) in [6, 6.07) is 0. The first-order chi connectivity index (χ1) is 11.2. The second-order valence-corrected chi connectivity index (χ2v) is 5.62. The van der Waals surface area contributed by atoms with Gasteiger partial charge in [0.15, 0.2) is 0 Å². The fourth-order valence-electron chi connectivity index (χ4n) is 2.24. The Bertz CT molecular complexity index is 356. The number of rotatable bonds is 15. The molecule has 0 rings (SSSR count). The second-order valence-electron chi connectivity index (χ2n) is 5.62. The van der Waals surface area contributed by atoms with Crippen molar-refractivity contribution in [1.82, 2.24) is 0 Å². The average Bonchev–Trinajstić information content (AvgIpc) is 2.52. The third-order valence-corrected chi connectivity index (χ3v) is 3.49. The van der Waals surface area contributed by atoms with E-state index in [0.29, 0.717) is 6.42 Å². The van der Waals surface area contributed by atoms with E-state index in [1.165, 1.54) is 12.8 Å². The van der Waals surface area contributed by atoms with E-state index in [2.05, 4.69) is 43.4 Å². The smallest absolute Gasteiger partial charge is 0.303 e. The summed E-state index contributed by atoms with van der Waals surface area (Å²) in [7, 11) is 0. The van der Waals surface area contributed by atoms with Crippen molar-refractivity contribution in [2.45, 2.75) is 77.7 Å². The van der Waals surface area contributed by atoms with Crippen LogP contribution in [0.5, 0.6) is 0 Å². The van der Waals surface area contributed by atoms with Crippen LogP contribution in [0.1, 0.15) is 71.6 Å². The van der Waals surface area contributed by atoms with E-state index in [1.54, 1.807) is 0 Å². The Morgan fingerprint density at radius 2 is 1.74 bits per heavy atom. The summed E-state index contributed by atoms with van der Waals surface area (Å²) in [5, 5.41) is 8.54. The standard InChI is InChI=1S/C20H34O3/c1-3-5-13-16-19(23-4-2)17-14-11-9-7-6-8-10-12-15-18-20(21)22/h5,9,11,13-14,17,19H,3-4,6-8,10,12,15-16,18H2,1-2H3,(H,21,22). The van der Waals surface area contributed by atoms with Crippen molar-refractivity contribution in [2.75, 3.05) is 6.61 Å². The molecule has 132 valence electrons. The highest BCUT2D eigenvalue weighted by molar-refractivity contribution is 5.66. The Kier molecular flexibility index (Phi) is 16.0. The van der Waals surface area contributed by atoms with E-state index in [4.69, 9.17) is 9.84 Å². The lowest BCUT2D eigenvalue weighted by atomic mass is 10.1. The Morgan fingerprint density at radius 3 is 2.43 bits per heavy atom. The number of carboxylic acid groups (broad SMARTS) is 1. The molecule has 0 aliphatic carbocycles. The minimum absolute atomic E-state index is 0.168. The Balaban J connectivity index is 3.68. The van der Waals surface area contributed by atoms with E-state index in [1.807, 2.05) is 6.92 Å². The van der Waals surface area contributed by atoms with Crippen LogP contribution in [0.3, 0.4) is 0 Å². The summed E-state index contributed by atoms with van der Waals surface area (Å²) in [6.07, 6.45) is 21.7. The molecule has 0 bridgehead atoms. The van der Waals surface area contributed by atoms with E-state index >= 15 is 0 Å². The summed E-state index contributed by atoms with van der Waals surface area (Å²) in [4.78, 5) is 10.4. The molecule has 0 saturated carbocycles. The molecule has 0 aromatic heterocycles. The number of aliphatic carboxylic acids is 1. The predicted octanol–water partition coefficient (Wildman–Crippen LogP) is 5.68. The van der Waals surface area contributed by atoms with Crippen LogP contribution < -0.4 is 0 Å². The molecule has 1 N–H and O–H groups in total. The SMILES string of the molecule is CCC=CCC(C=CC=CCCCCCCCC(=O)O)OCC. The highest BCUT2D eigenvalue weighted by atomic mass is 16.5. The van der Waals surface area contributed by atoms with Crippen molar-refractivity contribution in [1.29, 1.82) is 0 Å². The molecule has 0 aromatic rings. The summed E-state index contributed by atoms with van der Waals surface area (Å²) >= 11 is 0. The van der Waals surface area contributed by atoms with E-state index < -0.39 is 5.97 Å². The molecule has 0 spiro atoms. The third kappa shape index (κ3) is 16.8. The molecule has 1 unspecified atom stereocenters. The molecule has 3 nitrogen and oxygen atoms in total. The lowest BCUT2D eigenvalue weighted by Crippen LogP contribution is -2.07. The molecular weight excluding hydrogens is 288 g/mol. The summed E-state index contributed by atoms with van der Waals surface area (Å²) in [6.45, 7) is 4.90. The van der Waals surface area contributed by atoms with Gasteiger partial charge in [-0.2, -0.15) is 0 Å². The van der Waals surface area contributed by atoms with Crippen molar-refractivity contribution in [3.63, 3.8) is 0 Å². The molecule has 23 heavy (non-hydrogen) atoms. The highest BCUT2D eigenvalue weighted by Crippen LogP contribution is 2.08. The second kappa shape index (κ2) is 17.0. The number of allylic oxidation sites excluding steroid dienone is 4. The van der Waals surface area contributed by atoms with Crippen molar-refractivity contribution in [3.05, 3.63) is 36.5 Å². The number of hydrogen-bond donors (Lipinski definition) is 1. The van der Waals surface area contributed by atoms with Crippen molar-refractivity contribution < 1.29 is 14.6 Å². The van der Waals surface area contributed by atoms with Gasteiger partial charge in [0.25, 0.3) is 0 Å². The molecule has 1 atom stereocenters. The Labute approximate surface area is 142 Å². The van der Waals surface area contributed by atoms with Gasteiger partial charge in [0.05, 0.1) is 6.10 Å². The van der Waals surface area contributed by atoms with Crippen LogP contribution in [0.15, 0.2) is 36.5 Å². The van der Waals surface area contributed by atoms with E-state index in [-0.39, 0.29) is 6.10 Å². The molecule has 0 aliphatic rings. The molecule has 0 aliphatic heterocycles. The number of carboxylic acids is 1. The molecule has 3 heteroatoms. The fourth-order valence-corrected chi connectivity index (χ4v) is 2.24. The van der Waals surface area contributed by atoms with Gasteiger partial charge >= 0.3 is 5.97 Å². The maximum Gasteiger partial charge on any atom is 0.303 e. The first-order valence-corrected chi connectivity index (χ1v) is 9.02. The Hall–Kier alpha value is -1.35. The van der Waals surface area contributed by atoms with Gasteiger partial charge in [-0.15, -0.1) is 0 Å². The lowest BCUT2D eigenvalue weighted by Gasteiger charge is -2.09. The molecule has 0 radical (unpaired) electrons. The maximum absolute atomic E-state index is 10.4. The monoisotopic (exact) mass is 322 g/mol.